The molecule has 1 nitrogen and oxygen atoms in total. The van der Waals surface area contributed by atoms with Gasteiger partial charge in [-0.05, 0) is 25.3 Å². The Kier molecular flexibility index (Phi) is 5.18. The molecule has 0 aromatic carbocycles. The molecule has 0 fully saturated rings. The molecular weight excluding hydrogens is 118 g/mol. The number of rotatable bonds is 3. The maximum Gasteiger partial charge on any atom is 0.0235 e. The first-order chi connectivity index (χ1) is 3.81. The quantitative estimate of drug-likeness (QED) is 0.423. The highest BCUT2D eigenvalue weighted by Crippen LogP contribution is 2.12. The van der Waals surface area contributed by atoms with Crippen LogP contribution in [0.15, 0.2) is 4.40 Å². The minimum atomic E-state index is 0.672. The molecule has 8 heavy (non-hydrogen) atoms. The first kappa shape index (κ1) is 8.02. The predicted octanol–water partition coefficient (Wildman–Crippen LogP) is 2.52. The fourth-order valence-electron chi connectivity index (χ4n) is 0.239. The van der Waals surface area contributed by atoms with E-state index in [9.17, 15) is 0 Å². The van der Waals surface area contributed by atoms with E-state index in [1.807, 2.05) is 13.1 Å². The highest BCUT2D eigenvalue weighted by Gasteiger charge is 1.93. The minimum absolute atomic E-state index is 0.672. The largest absolute Gasteiger partial charge is 0.229 e. The number of nitrogens with zero attached hydrogens (tertiary/aromatic N) is 1. The van der Waals surface area contributed by atoms with Gasteiger partial charge in [-0.15, -0.1) is 0 Å². The average Bonchev–Trinajstić information content (AvgIpc) is 1.83. The molecule has 0 aliphatic carbocycles. The lowest BCUT2D eigenvalue weighted by Gasteiger charge is -1.99. The van der Waals surface area contributed by atoms with Crippen molar-refractivity contribution in [3.05, 3.63) is 0 Å². The van der Waals surface area contributed by atoms with Crippen LogP contribution in [0.1, 0.15) is 27.2 Å². The smallest absolute Gasteiger partial charge is 0.0235 e. The molecule has 1 unspecified atom stereocenters. The molecule has 0 aromatic heterocycles. The first-order valence-electron chi connectivity index (χ1n) is 2.95. The molecule has 0 bridgehead atoms. The highest BCUT2D eigenvalue weighted by atomic mass is 32.2. The van der Waals surface area contributed by atoms with Crippen molar-refractivity contribution in [3.8, 4) is 0 Å². The van der Waals surface area contributed by atoms with Crippen molar-refractivity contribution < 1.29 is 0 Å². The maximum atomic E-state index is 4.03. The average molecular weight is 131 g/mol. The molecule has 48 valence electrons. The van der Waals surface area contributed by atoms with Crippen LogP contribution < -0.4 is 0 Å². The molecule has 0 aliphatic heterocycles. The van der Waals surface area contributed by atoms with Crippen molar-refractivity contribution in [2.24, 2.45) is 4.40 Å². The summed E-state index contributed by atoms with van der Waals surface area (Å²) in [5.41, 5.74) is 0. The lowest BCUT2D eigenvalue weighted by atomic mass is 10.4. The predicted molar refractivity (Wildman–Crippen MR) is 41.5 cm³/mol. The number of hydrogen-bond donors (Lipinski definition) is 0. The molecule has 0 heterocycles. The van der Waals surface area contributed by atoms with Gasteiger partial charge in [-0.2, -0.15) is 0 Å². The topological polar surface area (TPSA) is 12.4 Å². The second-order valence-electron chi connectivity index (χ2n) is 1.69. The van der Waals surface area contributed by atoms with Gasteiger partial charge in [-0.1, -0.05) is 13.8 Å². The van der Waals surface area contributed by atoms with E-state index < -0.39 is 0 Å². The zero-order chi connectivity index (χ0) is 6.41. The zero-order valence-electron chi connectivity index (χ0n) is 5.72. The fourth-order valence-corrected chi connectivity index (χ4v) is 0.718. The molecule has 0 amide bonds. The third-order valence-electron chi connectivity index (χ3n) is 0.921. The van der Waals surface area contributed by atoms with Gasteiger partial charge >= 0.3 is 0 Å². The third kappa shape index (κ3) is 4.19. The Morgan fingerprint density at radius 3 is 2.75 bits per heavy atom. The van der Waals surface area contributed by atoms with Crippen LogP contribution in [0.2, 0.25) is 0 Å². The summed E-state index contributed by atoms with van der Waals surface area (Å²) >= 11 is 1.65. The van der Waals surface area contributed by atoms with Gasteiger partial charge in [-0.25, -0.2) is 4.40 Å². The van der Waals surface area contributed by atoms with Crippen LogP contribution in [0.3, 0.4) is 0 Å². The first-order valence-corrected chi connectivity index (χ1v) is 3.78. The Labute approximate surface area is 55.7 Å². The van der Waals surface area contributed by atoms with Crippen molar-refractivity contribution in [1.29, 1.82) is 0 Å². The Bertz CT molecular complexity index is 70.9. The van der Waals surface area contributed by atoms with E-state index in [1.54, 1.807) is 11.9 Å². The van der Waals surface area contributed by atoms with Crippen molar-refractivity contribution in [3.63, 3.8) is 0 Å². The van der Waals surface area contributed by atoms with Gasteiger partial charge in [0, 0.05) is 11.5 Å². The molecule has 0 N–H and O–H groups in total. The van der Waals surface area contributed by atoms with E-state index in [-0.39, 0.29) is 0 Å². The summed E-state index contributed by atoms with van der Waals surface area (Å²) in [6, 6.07) is 0. The third-order valence-corrected chi connectivity index (χ3v) is 1.95. The second kappa shape index (κ2) is 5.16. The molecule has 1 atom stereocenters. The second-order valence-corrected chi connectivity index (χ2v) is 2.91. The molecule has 2 heteroatoms. The Morgan fingerprint density at radius 1 is 1.75 bits per heavy atom. The summed E-state index contributed by atoms with van der Waals surface area (Å²) in [6.07, 6.45) is 3.03. The minimum Gasteiger partial charge on any atom is -0.229 e. The fraction of sp³-hybridized carbons (Fsp3) is 0.833. The van der Waals surface area contributed by atoms with Gasteiger partial charge in [0.05, 0.1) is 0 Å². The summed E-state index contributed by atoms with van der Waals surface area (Å²) in [7, 11) is 0. The Balaban J connectivity index is 3.10. The van der Waals surface area contributed by atoms with Gasteiger partial charge in [0.2, 0.25) is 0 Å². The van der Waals surface area contributed by atoms with Crippen LogP contribution >= 0.6 is 11.9 Å². The van der Waals surface area contributed by atoms with Crippen molar-refractivity contribution in [1.82, 2.24) is 0 Å². The normalized spacial score (nSPS) is 14.9. The molecular formula is C6H13NS. The van der Waals surface area contributed by atoms with E-state index in [0.717, 1.165) is 0 Å². The molecule has 0 aromatic rings. The van der Waals surface area contributed by atoms with Crippen molar-refractivity contribution in [2.75, 3.05) is 0 Å². The van der Waals surface area contributed by atoms with E-state index in [2.05, 4.69) is 18.2 Å². The molecule has 0 aliphatic rings. The van der Waals surface area contributed by atoms with Crippen LogP contribution in [0.25, 0.3) is 0 Å². The van der Waals surface area contributed by atoms with Crippen LogP contribution in [-0.4, -0.2) is 11.5 Å². The van der Waals surface area contributed by atoms with Gasteiger partial charge in [0.25, 0.3) is 0 Å². The molecule has 0 spiro atoms. The van der Waals surface area contributed by atoms with Crippen LogP contribution in [0.5, 0.6) is 0 Å². The SMILES string of the molecule is CC=NSC(C)CC. The molecule has 0 saturated heterocycles. The Hall–Kier alpha value is 0.0200. The zero-order valence-corrected chi connectivity index (χ0v) is 6.53. The summed E-state index contributed by atoms with van der Waals surface area (Å²) in [6.45, 7) is 6.29. The van der Waals surface area contributed by atoms with Gasteiger partial charge in [0.1, 0.15) is 0 Å². The monoisotopic (exact) mass is 131 g/mol. The van der Waals surface area contributed by atoms with Gasteiger partial charge < -0.3 is 0 Å². The van der Waals surface area contributed by atoms with Crippen LogP contribution in [-0.2, 0) is 0 Å². The molecule has 0 radical (unpaired) electrons. The van der Waals surface area contributed by atoms with Crippen LogP contribution in [0, 0.1) is 0 Å². The molecule has 0 saturated carbocycles. The summed E-state index contributed by atoms with van der Waals surface area (Å²) in [5, 5.41) is 0.672. The lowest BCUT2D eigenvalue weighted by molar-refractivity contribution is 0.907. The Morgan fingerprint density at radius 2 is 2.38 bits per heavy atom. The lowest BCUT2D eigenvalue weighted by Crippen LogP contribution is -1.88. The number of hydrogen-bond acceptors (Lipinski definition) is 2. The van der Waals surface area contributed by atoms with E-state index >= 15 is 0 Å². The molecule has 0 rings (SSSR count). The van der Waals surface area contributed by atoms with Crippen molar-refractivity contribution >= 4 is 18.2 Å². The van der Waals surface area contributed by atoms with Gasteiger partial charge in [0.15, 0.2) is 0 Å². The summed E-state index contributed by atoms with van der Waals surface area (Å²) < 4.78 is 4.03. The van der Waals surface area contributed by atoms with E-state index in [4.69, 9.17) is 0 Å². The van der Waals surface area contributed by atoms with Crippen molar-refractivity contribution in [2.45, 2.75) is 32.4 Å². The summed E-state index contributed by atoms with van der Waals surface area (Å²) in [5.74, 6) is 0. The van der Waals surface area contributed by atoms with Gasteiger partial charge in [-0.3, -0.25) is 0 Å². The van der Waals surface area contributed by atoms with E-state index in [1.165, 1.54) is 6.42 Å². The summed E-state index contributed by atoms with van der Waals surface area (Å²) in [4.78, 5) is 0. The standard InChI is InChI=1S/C6H13NS/c1-4-6(3)8-7-5-2/h5-6H,4H2,1-3H3. The highest BCUT2D eigenvalue weighted by molar-refractivity contribution is 7.98. The van der Waals surface area contributed by atoms with E-state index in [0.29, 0.717) is 5.25 Å². The maximum absolute atomic E-state index is 4.03. The van der Waals surface area contributed by atoms with Crippen LogP contribution in [0.4, 0.5) is 0 Å².